The molecule has 2 amide bonds. The zero-order valence-electron chi connectivity index (χ0n) is 12.8. The Kier molecular flexibility index (Phi) is 7.46. The Bertz CT molecular complexity index is 457. The van der Waals surface area contributed by atoms with Gasteiger partial charge in [-0.2, -0.15) is 0 Å². The van der Waals surface area contributed by atoms with Crippen molar-refractivity contribution in [3.63, 3.8) is 0 Å². The van der Waals surface area contributed by atoms with E-state index in [1.165, 1.54) is 6.92 Å². The van der Waals surface area contributed by atoms with Crippen LogP contribution in [-0.2, 0) is 16.0 Å². The summed E-state index contributed by atoms with van der Waals surface area (Å²) in [4.78, 5) is 24.9. The molecule has 116 valence electrons. The van der Waals surface area contributed by atoms with Crippen LogP contribution in [0, 0.1) is 0 Å². The molecule has 0 aliphatic carbocycles. The third-order valence-corrected chi connectivity index (χ3v) is 3.13. The molecule has 0 radical (unpaired) electrons. The molecule has 5 nitrogen and oxygen atoms in total. The van der Waals surface area contributed by atoms with Gasteiger partial charge in [0, 0.05) is 25.7 Å². The van der Waals surface area contributed by atoms with E-state index in [4.69, 9.17) is 5.11 Å². The molecular weight excluding hydrogens is 268 g/mol. The third kappa shape index (κ3) is 6.40. The summed E-state index contributed by atoms with van der Waals surface area (Å²) in [7, 11) is 0. The number of carbonyl (C=O) groups excluding carboxylic acids is 2. The fourth-order valence-electron chi connectivity index (χ4n) is 2.03. The van der Waals surface area contributed by atoms with E-state index in [2.05, 4.69) is 12.2 Å². The average molecular weight is 292 g/mol. The van der Waals surface area contributed by atoms with E-state index in [1.54, 1.807) is 17.0 Å². The van der Waals surface area contributed by atoms with Gasteiger partial charge in [0.15, 0.2) is 0 Å². The predicted molar refractivity (Wildman–Crippen MR) is 83.0 cm³/mol. The number of hydrogen-bond acceptors (Lipinski definition) is 3. The maximum absolute atomic E-state index is 12.2. The van der Waals surface area contributed by atoms with Gasteiger partial charge in [0.2, 0.25) is 11.8 Å². The minimum absolute atomic E-state index is 0.0169. The molecule has 0 bridgehead atoms. The van der Waals surface area contributed by atoms with Gasteiger partial charge in [0.25, 0.3) is 0 Å². The summed E-state index contributed by atoms with van der Waals surface area (Å²) in [5.41, 5.74) is 1.62. The van der Waals surface area contributed by atoms with E-state index in [-0.39, 0.29) is 18.4 Å². The number of nitrogens with zero attached hydrogens (tertiary/aromatic N) is 1. The number of anilines is 1. The van der Waals surface area contributed by atoms with E-state index in [0.717, 1.165) is 24.1 Å². The average Bonchev–Trinajstić information content (AvgIpc) is 2.45. The summed E-state index contributed by atoms with van der Waals surface area (Å²) >= 11 is 0. The number of hydrogen-bond donors (Lipinski definition) is 2. The van der Waals surface area contributed by atoms with Crippen LogP contribution in [0.1, 0.15) is 32.3 Å². The lowest BCUT2D eigenvalue weighted by molar-refractivity contribution is -0.131. The van der Waals surface area contributed by atoms with Crippen molar-refractivity contribution < 1.29 is 14.7 Å². The summed E-state index contributed by atoms with van der Waals surface area (Å²) < 4.78 is 0. The first-order valence-electron chi connectivity index (χ1n) is 7.32. The molecular formula is C16H24N2O3. The van der Waals surface area contributed by atoms with Gasteiger partial charge in [0.1, 0.15) is 0 Å². The summed E-state index contributed by atoms with van der Waals surface area (Å²) in [6.07, 6.45) is 2.26. The maximum Gasteiger partial charge on any atom is 0.227 e. The number of rotatable bonds is 8. The van der Waals surface area contributed by atoms with Crippen LogP contribution in [0.5, 0.6) is 0 Å². The first-order chi connectivity index (χ1) is 10.1. The highest BCUT2D eigenvalue weighted by Crippen LogP contribution is 2.11. The molecule has 0 aliphatic rings. The Labute approximate surface area is 126 Å². The van der Waals surface area contributed by atoms with Gasteiger partial charge in [0.05, 0.1) is 13.0 Å². The predicted octanol–water partition coefficient (Wildman–Crippen LogP) is 1.81. The van der Waals surface area contributed by atoms with Crippen molar-refractivity contribution >= 4 is 17.5 Å². The molecule has 21 heavy (non-hydrogen) atoms. The van der Waals surface area contributed by atoms with Crippen LogP contribution in [0.2, 0.25) is 0 Å². The second-order valence-corrected chi connectivity index (χ2v) is 5.01. The van der Waals surface area contributed by atoms with Crippen molar-refractivity contribution in [1.82, 2.24) is 4.90 Å². The van der Waals surface area contributed by atoms with Gasteiger partial charge >= 0.3 is 0 Å². The molecule has 0 unspecified atom stereocenters. The van der Waals surface area contributed by atoms with Crippen molar-refractivity contribution in [3.05, 3.63) is 29.8 Å². The monoisotopic (exact) mass is 292 g/mol. The summed E-state index contributed by atoms with van der Waals surface area (Å²) in [6.45, 7) is 4.57. The van der Waals surface area contributed by atoms with Crippen LogP contribution >= 0.6 is 0 Å². The molecule has 0 heterocycles. The number of amides is 2. The van der Waals surface area contributed by atoms with Crippen molar-refractivity contribution in [2.75, 3.05) is 25.0 Å². The zero-order valence-corrected chi connectivity index (χ0v) is 12.8. The Morgan fingerprint density at radius 2 is 1.86 bits per heavy atom. The molecule has 0 saturated carbocycles. The standard InChI is InChI=1S/C16H24N2O3/c1-3-4-9-18(10-11-19)16(21)12-14-5-7-15(8-6-14)17-13(2)20/h5-8,19H,3-4,9-12H2,1-2H3,(H,17,20). The Balaban J connectivity index is 2.60. The van der Waals surface area contributed by atoms with Gasteiger partial charge in [-0.15, -0.1) is 0 Å². The molecule has 5 heteroatoms. The van der Waals surface area contributed by atoms with Crippen molar-refractivity contribution in [2.45, 2.75) is 33.1 Å². The fraction of sp³-hybridized carbons (Fsp3) is 0.500. The Morgan fingerprint density at radius 1 is 1.19 bits per heavy atom. The highest BCUT2D eigenvalue weighted by molar-refractivity contribution is 5.88. The Hall–Kier alpha value is -1.88. The number of aliphatic hydroxyl groups excluding tert-OH is 1. The van der Waals surface area contributed by atoms with Gasteiger partial charge in [-0.05, 0) is 24.1 Å². The molecule has 1 rings (SSSR count). The lowest BCUT2D eigenvalue weighted by Crippen LogP contribution is -2.35. The van der Waals surface area contributed by atoms with Crippen LogP contribution in [0.3, 0.4) is 0 Å². The van der Waals surface area contributed by atoms with Crippen LogP contribution in [0.15, 0.2) is 24.3 Å². The van der Waals surface area contributed by atoms with E-state index in [1.807, 2.05) is 12.1 Å². The Morgan fingerprint density at radius 3 is 2.38 bits per heavy atom. The minimum atomic E-state index is -0.118. The first kappa shape index (κ1) is 17.2. The molecule has 0 saturated heterocycles. The normalized spacial score (nSPS) is 10.2. The first-order valence-corrected chi connectivity index (χ1v) is 7.32. The molecule has 0 atom stereocenters. The number of nitrogens with one attached hydrogen (secondary N) is 1. The lowest BCUT2D eigenvalue weighted by Gasteiger charge is -2.21. The highest BCUT2D eigenvalue weighted by atomic mass is 16.3. The van der Waals surface area contributed by atoms with E-state index in [0.29, 0.717) is 19.5 Å². The van der Waals surface area contributed by atoms with E-state index >= 15 is 0 Å². The molecule has 1 aromatic carbocycles. The quantitative estimate of drug-likeness (QED) is 0.767. The second kappa shape index (κ2) is 9.13. The lowest BCUT2D eigenvalue weighted by atomic mass is 10.1. The van der Waals surface area contributed by atoms with Gasteiger partial charge < -0.3 is 15.3 Å². The number of aliphatic hydroxyl groups is 1. The summed E-state index contributed by atoms with van der Waals surface area (Å²) in [6, 6.07) is 7.24. The summed E-state index contributed by atoms with van der Waals surface area (Å²) in [5.74, 6) is -0.0997. The molecule has 0 fully saturated rings. The second-order valence-electron chi connectivity index (χ2n) is 5.01. The van der Waals surface area contributed by atoms with Crippen LogP contribution in [0.25, 0.3) is 0 Å². The largest absolute Gasteiger partial charge is 0.395 e. The van der Waals surface area contributed by atoms with Crippen LogP contribution in [-0.4, -0.2) is 41.5 Å². The highest BCUT2D eigenvalue weighted by Gasteiger charge is 2.13. The molecule has 0 spiro atoms. The van der Waals surface area contributed by atoms with Gasteiger partial charge in [-0.1, -0.05) is 25.5 Å². The smallest absolute Gasteiger partial charge is 0.227 e. The minimum Gasteiger partial charge on any atom is -0.395 e. The molecule has 0 aliphatic heterocycles. The fourth-order valence-corrected chi connectivity index (χ4v) is 2.03. The topological polar surface area (TPSA) is 69.6 Å². The van der Waals surface area contributed by atoms with Crippen LogP contribution in [0.4, 0.5) is 5.69 Å². The maximum atomic E-state index is 12.2. The number of unbranched alkanes of at least 4 members (excludes halogenated alkanes) is 1. The molecule has 1 aromatic rings. The van der Waals surface area contributed by atoms with Crippen molar-refractivity contribution in [1.29, 1.82) is 0 Å². The molecule has 0 aromatic heterocycles. The number of benzene rings is 1. The molecule has 2 N–H and O–H groups in total. The SMILES string of the molecule is CCCCN(CCO)C(=O)Cc1ccc(NC(C)=O)cc1. The van der Waals surface area contributed by atoms with Crippen LogP contribution < -0.4 is 5.32 Å². The van der Waals surface area contributed by atoms with E-state index < -0.39 is 0 Å². The van der Waals surface area contributed by atoms with Crippen molar-refractivity contribution in [3.8, 4) is 0 Å². The zero-order chi connectivity index (χ0) is 15.7. The third-order valence-electron chi connectivity index (χ3n) is 3.13. The summed E-state index contributed by atoms with van der Waals surface area (Å²) in [5, 5.41) is 11.7. The number of carbonyl (C=O) groups is 2. The van der Waals surface area contributed by atoms with E-state index in [9.17, 15) is 9.59 Å². The van der Waals surface area contributed by atoms with Gasteiger partial charge in [-0.3, -0.25) is 9.59 Å². The van der Waals surface area contributed by atoms with Gasteiger partial charge in [-0.25, -0.2) is 0 Å². The van der Waals surface area contributed by atoms with Crippen molar-refractivity contribution in [2.24, 2.45) is 0 Å².